The number of ether oxygens (including phenoxy) is 6. The first-order valence-electron chi connectivity index (χ1n) is 40.8. The van der Waals surface area contributed by atoms with E-state index in [0.717, 1.165) is 116 Å². The largest absolute Gasteiger partial charge is 0.394 e. The van der Waals surface area contributed by atoms with Crippen LogP contribution in [0.5, 0.6) is 0 Å². The van der Waals surface area contributed by atoms with Crippen molar-refractivity contribution in [2.75, 3.05) is 26.4 Å². The third kappa shape index (κ3) is 43.4. The van der Waals surface area contributed by atoms with Gasteiger partial charge < -0.3 is 89.9 Å². The van der Waals surface area contributed by atoms with Crippen LogP contribution < -0.4 is 5.32 Å². The predicted molar refractivity (Wildman–Crippen MR) is 415 cm³/mol. The standard InChI is InChI=1S/C85H145NO18/c1-3-5-7-9-11-13-15-17-19-21-23-25-26-27-28-29-30-31-32-33-34-35-36-37-38-39-40-41-42-43-45-47-49-51-53-55-57-59-61-63-73(91)86-68(69(90)62-60-58-56-54-52-50-48-46-44-24-22-20-18-16-14-12-10-8-6-4-2)67-99-83-79(97)76(94)81(71(65-88)101-83)104-85-80(98)77(95)82(72(66-89)102-85)103-84-78(96)75(93)74(92)70(64-87)100-84/h5,7,11,13,17,19,23,25,27-28,30-31,33-34,36-37,39-40,60,62,68-72,74-85,87-90,92-98H,3-4,6,8-10,12,14-16,18,20-22,24,26,29,32,35,38,41-59,61,63-67H2,1-2H3,(H,86,91)/b7-5-,13-11-,19-17-,25-23-,28-27-,31-30-,34-33-,37-36-,40-39-,62-60+. The van der Waals surface area contributed by atoms with Crippen LogP contribution in [0.25, 0.3) is 0 Å². The predicted octanol–water partition coefficient (Wildman–Crippen LogP) is 13.9. The summed E-state index contributed by atoms with van der Waals surface area (Å²) >= 11 is 0. The summed E-state index contributed by atoms with van der Waals surface area (Å²) in [6.07, 6.45) is 63.2. The molecule has 598 valence electrons. The van der Waals surface area contributed by atoms with E-state index in [0.29, 0.717) is 6.42 Å². The van der Waals surface area contributed by atoms with Gasteiger partial charge in [-0.25, -0.2) is 0 Å². The number of carbonyl (C=O) groups excluding carboxylic acids is 1. The zero-order valence-electron chi connectivity index (χ0n) is 64.0. The molecule has 3 aliphatic rings. The van der Waals surface area contributed by atoms with Crippen LogP contribution in [0.4, 0.5) is 0 Å². The van der Waals surface area contributed by atoms with E-state index in [2.05, 4.69) is 129 Å². The molecule has 0 aliphatic carbocycles. The van der Waals surface area contributed by atoms with Crippen molar-refractivity contribution in [2.45, 2.75) is 381 Å². The summed E-state index contributed by atoms with van der Waals surface area (Å²) in [5.41, 5.74) is 0. The van der Waals surface area contributed by atoms with Crippen LogP contribution in [0.3, 0.4) is 0 Å². The third-order valence-corrected chi connectivity index (χ3v) is 19.5. The molecule has 3 aliphatic heterocycles. The Morgan fingerprint density at radius 2 is 0.663 bits per heavy atom. The lowest BCUT2D eigenvalue weighted by Gasteiger charge is -2.48. The highest BCUT2D eigenvalue weighted by Gasteiger charge is 2.54. The van der Waals surface area contributed by atoms with Crippen molar-refractivity contribution in [3.63, 3.8) is 0 Å². The van der Waals surface area contributed by atoms with E-state index in [-0.39, 0.29) is 18.9 Å². The van der Waals surface area contributed by atoms with Crippen molar-refractivity contribution in [3.05, 3.63) is 122 Å². The van der Waals surface area contributed by atoms with Crippen LogP contribution in [-0.2, 0) is 33.2 Å². The molecule has 0 spiro atoms. The summed E-state index contributed by atoms with van der Waals surface area (Å²) in [6.45, 7) is 1.63. The second-order valence-electron chi connectivity index (χ2n) is 28.5. The molecule has 0 radical (unpaired) electrons. The average molecular weight is 1470 g/mol. The molecule has 17 atom stereocenters. The quantitative estimate of drug-likeness (QED) is 0.0199. The van der Waals surface area contributed by atoms with Gasteiger partial charge in [-0.05, 0) is 89.9 Å². The molecule has 17 unspecified atom stereocenters. The molecule has 19 nitrogen and oxygen atoms in total. The van der Waals surface area contributed by atoms with Gasteiger partial charge in [0.15, 0.2) is 18.9 Å². The normalized spacial score (nSPS) is 26.6. The lowest BCUT2D eigenvalue weighted by atomic mass is 9.96. The number of aliphatic hydroxyl groups excluding tert-OH is 11. The molecule has 0 aromatic heterocycles. The molecular weight excluding hydrogens is 1320 g/mol. The molecule has 0 saturated carbocycles. The molecule has 0 aromatic rings. The second kappa shape index (κ2) is 64.1. The van der Waals surface area contributed by atoms with E-state index < -0.39 is 124 Å². The molecule has 104 heavy (non-hydrogen) atoms. The minimum absolute atomic E-state index is 0.233. The summed E-state index contributed by atoms with van der Waals surface area (Å²) in [7, 11) is 0. The molecule has 0 bridgehead atoms. The topological polar surface area (TPSA) is 307 Å². The van der Waals surface area contributed by atoms with Gasteiger partial charge in [0, 0.05) is 6.42 Å². The number of rotatable bonds is 63. The van der Waals surface area contributed by atoms with Crippen molar-refractivity contribution in [2.24, 2.45) is 0 Å². The summed E-state index contributed by atoms with van der Waals surface area (Å²) in [6, 6.07) is -0.983. The summed E-state index contributed by atoms with van der Waals surface area (Å²) < 4.78 is 34.4. The van der Waals surface area contributed by atoms with Gasteiger partial charge in [0.05, 0.1) is 38.6 Å². The van der Waals surface area contributed by atoms with Gasteiger partial charge in [0.25, 0.3) is 0 Å². The van der Waals surface area contributed by atoms with E-state index in [1.165, 1.54) is 135 Å². The van der Waals surface area contributed by atoms with E-state index in [9.17, 15) is 61.0 Å². The zero-order valence-corrected chi connectivity index (χ0v) is 64.0. The molecule has 1 amide bonds. The second-order valence-corrected chi connectivity index (χ2v) is 28.5. The molecule has 3 fully saturated rings. The summed E-state index contributed by atoms with van der Waals surface area (Å²) in [5.74, 6) is -0.281. The van der Waals surface area contributed by atoms with Gasteiger partial charge in [-0.2, -0.15) is 0 Å². The number of nitrogens with one attached hydrogen (secondary N) is 1. The monoisotopic (exact) mass is 1470 g/mol. The van der Waals surface area contributed by atoms with Crippen molar-refractivity contribution >= 4 is 5.91 Å². The molecule has 3 heterocycles. The Balaban J connectivity index is 1.35. The number of hydrogen-bond acceptors (Lipinski definition) is 18. The van der Waals surface area contributed by atoms with E-state index in [1.807, 2.05) is 6.08 Å². The summed E-state index contributed by atoms with van der Waals surface area (Å²) in [4.78, 5) is 13.5. The lowest BCUT2D eigenvalue weighted by molar-refractivity contribution is -0.379. The van der Waals surface area contributed by atoms with E-state index >= 15 is 0 Å². The maximum atomic E-state index is 13.5. The SMILES string of the molecule is CC/C=C\C/C=C\C/C=C\C/C=C\C/C=C\C/C=C\C/C=C\C/C=C\C/C=C\CCCCCCCCCCCCCC(=O)NC(COC1OC(CO)C(OC2OC(CO)C(OC3OC(CO)C(O)C(O)C3O)C(O)C2O)C(O)C1O)C(O)/C=C/CCCCCCCCCCCCCCCCCCCC. The molecule has 19 heteroatoms. The molecular formula is C85H145NO18. The Morgan fingerprint density at radius 1 is 0.356 bits per heavy atom. The van der Waals surface area contributed by atoms with Crippen LogP contribution in [0.15, 0.2) is 122 Å². The van der Waals surface area contributed by atoms with Gasteiger partial charge in [0.2, 0.25) is 5.91 Å². The minimum Gasteiger partial charge on any atom is -0.394 e. The third-order valence-electron chi connectivity index (χ3n) is 19.5. The molecule has 12 N–H and O–H groups in total. The highest BCUT2D eigenvalue weighted by molar-refractivity contribution is 5.76. The van der Waals surface area contributed by atoms with Crippen molar-refractivity contribution in [1.29, 1.82) is 0 Å². The van der Waals surface area contributed by atoms with Gasteiger partial charge in [0.1, 0.15) is 73.2 Å². The fraction of sp³-hybridized carbons (Fsp3) is 0.753. The maximum Gasteiger partial charge on any atom is 0.220 e. The Labute approximate surface area is 627 Å². The highest BCUT2D eigenvalue weighted by atomic mass is 16.8. The van der Waals surface area contributed by atoms with Crippen molar-refractivity contribution in [3.8, 4) is 0 Å². The van der Waals surface area contributed by atoms with Gasteiger partial charge >= 0.3 is 0 Å². The Morgan fingerprint density at radius 3 is 1.04 bits per heavy atom. The van der Waals surface area contributed by atoms with Crippen LogP contribution in [-0.4, -0.2) is 193 Å². The smallest absolute Gasteiger partial charge is 0.220 e. The maximum absolute atomic E-state index is 13.5. The average Bonchev–Trinajstić information content (AvgIpc) is 0.783. The number of amides is 1. The first-order valence-corrected chi connectivity index (χ1v) is 40.8. The number of carbonyl (C=O) groups is 1. The number of hydrogen-bond donors (Lipinski definition) is 12. The van der Waals surface area contributed by atoms with Crippen LogP contribution >= 0.6 is 0 Å². The van der Waals surface area contributed by atoms with Crippen LogP contribution in [0.1, 0.15) is 277 Å². The Kier molecular flexibility index (Phi) is 58.1. The fourth-order valence-electron chi connectivity index (χ4n) is 13.0. The van der Waals surface area contributed by atoms with E-state index in [1.54, 1.807) is 6.08 Å². The van der Waals surface area contributed by atoms with Crippen LogP contribution in [0, 0.1) is 0 Å². The summed E-state index contributed by atoms with van der Waals surface area (Å²) in [5, 5.41) is 121. The molecule has 0 aromatic carbocycles. The van der Waals surface area contributed by atoms with Gasteiger partial charge in [-0.15, -0.1) is 0 Å². The first kappa shape index (κ1) is 94.4. The molecule has 3 rings (SSSR count). The molecule has 3 saturated heterocycles. The lowest BCUT2D eigenvalue weighted by Crippen LogP contribution is -2.66. The Hall–Kier alpha value is -3.81. The van der Waals surface area contributed by atoms with Crippen molar-refractivity contribution < 1.29 is 89.4 Å². The minimum atomic E-state index is -1.98. The number of aliphatic hydroxyl groups is 11. The zero-order chi connectivity index (χ0) is 75.3. The van der Waals surface area contributed by atoms with Gasteiger partial charge in [-0.3, -0.25) is 4.79 Å². The highest BCUT2D eigenvalue weighted by Crippen LogP contribution is 2.33. The first-order chi connectivity index (χ1) is 50.8. The Bertz CT molecular complexity index is 2350. The van der Waals surface area contributed by atoms with Crippen LogP contribution in [0.2, 0.25) is 0 Å². The number of unbranched alkanes of at least 4 members (excludes halogenated alkanes) is 29. The van der Waals surface area contributed by atoms with E-state index in [4.69, 9.17) is 28.4 Å². The van der Waals surface area contributed by atoms with Crippen molar-refractivity contribution in [1.82, 2.24) is 5.32 Å². The number of allylic oxidation sites excluding steroid dienone is 19. The fourth-order valence-corrected chi connectivity index (χ4v) is 13.0. The van der Waals surface area contributed by atoms with Gasteiger partial charge in [-0.1, -0.05) is 302 Å².